The van der Waals surface area contributed by atoms with Gasteiger partial charge in [0.05, 0.1) is 36.9 Å². The van der Waals surface area contributed by atoms with Crippen molar-refractivity contribution >= 4 is 34.2 Å². The van der Waals surface area contributed by atoms with Gasteiger partial charge in [-0.25, -0.2) is 4.98 Å². The van der Waals surface area contributed by atoms with Gasteiger partial charge >= 0.3 is 0 Å². The summed E-state index contributed by atoms with van der Waals surface area (Å²) in [6.45, 7) is 5.51. The van der Waals surface area contributed by atoms with Crippen molar-refractivity contribution in [3.63, 3.8) is 0 Å². The van der Waals surface area contributed by atoms with Crippen molar-refractivity contribution in [2.24, 2.45) is 5.92 Å². The van der Waals surface area contributed by atoms with E-state index in [1.54, 1.807) is 10.6 Å². The lowest BCUT2D eigenvalue weighted by Crippen LogP contribution is -2.40. The number of rotatable bonds is 17. The van der Waals surface area contributed by atoms with Gasteiger partial charge in [0, 0.05) is 62.7 Å². The van der Waals surface area contributed by atoms with Crippen LogP contribution in [0.2, 0.25) is 0 Å². The molecule has 0 spiro atoms. The molecule has 3 unspecified atom stereocenters. The highest BCUT2D eigenvalue weighted by atomic mass is 16.7. The average molecular weight is 626 g/mol. The Labute approximate surface area is 260 Å². The Morgan fingerprint density at radius 2 is 1.89 bits per heavy atom. The number of aliphatic hydroxyl groups is 1. The quantitative estimate of drug-likeness (QED) is 0.114. The number of nitro groups is 1. The van der Waals surface area contributed by atoms with Gasteiger partial charge in [-0.3, -0.25) is 24.3 Å². The van der Waals surface area contributed by atoms with Gasteiger partial charge in [-0.15, -0.1) is 0 Å². The zero-order valence-electron chi connectivity index (χ0n) is 25.3. The minimum absolute atomic E-state index is 0.0548. The number of anilines is 1. The Balaban J connectivity index is 1.53. The SMILES string of the molecule is CCOC1OC(C(=O)NCCNc2ccc([N+](=O)[O-])cn2)=CC(c2cn(C(C)=O)c3ccccc23)C1CCOCCOCCO. The number of aromatic nitrogens is 2. The van der Waals surface area contributed by atoms with Crippen LogP contribution in [0.3, 0.4) is 0 Å². The third-order valence-corrected chi connectivity index (χ3v) is 7.26. The summed E-state index contributed by atoms with van der Waals surface area (Å²) >= 11 is 0. The number of carbonyl (C=O) groups excluding carboxylic acids is 2. The number of aliphatic hydroxyl groups excluding tert-OH is 1. The van der Waals surface area contributed by atoms with Crippen molar-refractivity contribution in [1.82, 2.24) is 14.9 Å². The topological polar surface area (TPSA) is 176 Å². The molecule has 3 atom stereocenters. The van der Waals surface area contributed by atoms with E-state index in [0.717, 1.165) is 22.7 Å². The summed E-state index contributed by atoms with van der Waals surface area (Å²) in [4.78, 5) is 40.2. The van der Waals surface area contributed by atoms with E-state index in [4.69, 9.17) is 24.1 Å². The molecule has 0 bridgehead atoms. The van der Waals surface area contributed by atoms with E-state index < -0.39 is 17.1 Å². The first-order valence-corrected chi connectivity index (χ1v) is 14.8. The molecule has 45 heavy (non-hydrogen) atoms. The van der Waals surface area contributed by atoms with E-state index in [0.29, 0.717) is 45.2 Å². The number of ether oxygens (including phenoxy) is 4. The number of nitrogens with zero attached hydrogens (tertiary/aromatic N) is 3. The molecule has 14 heteroatoms. The number of pyridine rings is 1. The first-order valence-electron chi connectivity index (χ1n) is 14.8. The standard InChI is InChI=1S/C31H39N5O9/c1-3-44-31-24(10-14-42-16-17-43-15-13-37)25(26-20-35(21(2)38)27-7-5-4-6-23(26)27)18-28(45-31)30(39)33-12-11-32-29-9-8-22(19-34-29)36(40)41/h4-9,18-20,24-25,31,37H,3,10-17H2,1-2H3,(H,32,34)(H,33,39). The van der Waals surface area contributed by atoms with Crippen LogP contribution in [-0.2, 0) is 23.7 Å². The molecule has 0 aliphatic carbocycles. The molecular formula is C31H39N5O9. The molecule has 242 valence electrons. The lowest BCUT2D eigenvalue weighted by Gasteiger charge is -2.36. The molecule has 1 aliphatic heterocycles. The van der Waals surface area contributed by atoms with E-state index >= 15 is 0 Å². The van der Waals surface area contributed by atoms with E-state index in [1.807, 2.05) is 37.4 Å². The van der Waals surface area contributed by atoms with Gasteiger partial charge in [0.2, 0.25) is 12.2 Å². The number of hydrogen-bond donors (Lipinski definition) is 3. The molecule has 0 fully saturated rings. The van der Waals surface area contributed by atoms with Gasteiger partial charge in [0.25, 0.3) is 11.6 Å². The third-order valence-electron chi connectivity index (χ3n) is 7.26. The van der Waals surface area contributed by atoms with Crippen LogP contribution >= 0.6 is 0 Å². The molecule has 3 aromatic rings. The normalized spacial score (nSPS) is 17.8. The maximum atomic E-state index is 13.3. The van der Waals surface area contributed by atoms with Crippen molar-refractivity contribution in [3.05, 3.63) is 76.3 Å². The number of nitrogens with one attached hydrogen (secondary N) is 2. The Kier molecular flexibility index (Phi) is 12.4. The molecule has 14 nitrogen and oxygen atoms in total. The second-order valence-electron chi connectivity index (χ2n) is 10.2. The first-order chi connectivity index (χ1) is 21.8. The van der Waals surface area contributed by atoms with Crippen LogP contribution in [0.1, 0.15) is 36.5 Å². The second kappa shape index (κ2) is 16.6. The minimum Gasteiger partial charge on any atom is -0.459 e. The maximum absolute atomic E-state index is 13.3. The van der Waals surface area contributed by atoms with Crippen LogP contribution in [0.4, 0.5) is 11.5 Å². The lowest BCUT2D eigenvalue weighted by molar-refractivity contribution is -0.385. The van der Waals surface area contributed by atoms with Gasteiger partial charge in [-0.05, 0) is 37.1 Å². The average Bonchev–Trinajstić information content (AvgIpc) is 3.43. The fraction of sp³-hybridized carbons (Fsp3) is 0.452. The van der Waals surface area contributed by atoms with Gasteiger partial charge in [0.15, 0.2) is 5.76 Å². The van der Waals surface area contributed by atoms with Crippen LogP contribution in [-0.4, -0.2) is 90.4 Å². The molecule has 0 saturated carbocycles. The molecule has 0 radical (unpaired) electrons. The number of fused-ring (bicyclic) bond motifs is 1. The Hall–Kier alpha value is -4.37. The van der Waals surface area contributed by atoms with Gasteiger partial charge in [-0.2, -0.15) is 0 Å². The monoisotopic (exact) mass is 625 g/mol. The van der Waals surface area contributed by atoms with Gasteiger partial charge in [0.1, 0.15) is 12.0 Å². The Morgan fingerprint density at radius 1 is 1.11 bits per heavy atom. The summed E-state index contributed by atoms with van der Waals surface area (Å²) in [5.74, 6) is -0.633. The number of hydrogen-bond acceptors (Lipinski definition) is 11. The molecule has 0 saturated heterocycles. The molecular weight excluding hydrogens is 586 g/mol. The highest BCUT2D eigenvalue weighted by Crippen LogP contribution is 2.42. The predicted octanol–water partition coefficient (Wildman–Crippen LogP) is 3.23. The molecule has 1 aromatic carbocycles. The molecule has 2 aromatic heterocycles. The van der Waals surface area contributed by atoms with E-state index in [9.17, 15) is 19.7 Å². The van der Waals surface area contributed by atoms with Crippen molar-refractivity contribution in [3.8, 4) is 0 Å². The van der Waals surface area contributed by atoms with Crippen LogP contribution in [0.15, 0.2) is 60.6 Å². The van der Waals surface area contributed by atoms with Crippen LogP contribution in [0, 0.1) is 16.0 Å². The molecule has 3 heterocycles. The summed E-state index contributed by atoms with van der Waals surface area (Å²) < 4.78 is 24.8. The number of amides is 1. The van der Waals surface area contributed by atoms with Crippen molar-refractivity contribution in [2.45, 2.75) is 32.5 Å². The first kappa shape index (κ1) is 33.5. The summed E-state index contributed by atoms with van der Waals surface area (Å²) in [6.07, 6.45) is 4.52. The van der Waals surface area contributed by atoms with Gasteiger partial charge in [-0.1, -0.05) is 18.2 Å². The lowest BCUT2D eigenvalue weighted by atomic mass is 9.81. The zero-order chi connectivity index (χ0) is 32.2. The molecule has 1 aliphatic rings. The van der Waals surface area contributed by atoms with E-state index in [-0.39, 0.29) is 48.9 Å². The fourth-order valence-corrected chi connectivity index (χ4v) is 5.19. The highest BCUT2D eigenvalue weighted by molar-refractivity contribution is 5.95. The van der Waals surface area contributed by atoms with Crippen molar-refractivity contribution in [1.29, 1.82) is 0 Å². The minimum atomic E-state index is -0.762. The predicted molar refractivity (Wildman–Crippen MR) is 165 cm³/mol. The largest absolute Gasteiger partial charge is 0.459 e. The number of carbonyl (C=O) groups is 2. The third kappa shape index (κ3) is 8.85. The summed E-state index contributed by atoms with van der Waals surface area (Å²) in [7, 11) is 0. The van der Waals surface area contributed by atoms with Crippen molar-refractivity contribution in [2.75, 3.05) is 58.0 Å². The number of benzene rings is 1. The Bertz CT molecular complexity index is 1470. The van der Waals surface area contributed by atoms with Crippen molar-refractivity contribution < 1.29 is 38.6 Å². The van der Waals surface area contributed by atoms with E-state index in [1.165, 1.54) is 19.1 Å². The molecule has 1 amide bonds. The maximum Gasteiger partial charge on any atom is 0.287 e. The van der Waals surface area contributed by atoms with Crippen LogP contribution in [0.25, 0.3) is 10.9 Å². The summed E-state index contributed by atoms with van der Waals surface area (Å²) in [5, 5.41) is 26.5. The summed E-state index contributed by atoms with van der Waals surface area (Å²) in [6, 6.07) is 10.5. The smallest absolute Gasteiger partial charge is 0.287 e. The van der Waals surface area contributed by atoms with E-state index in [2.05, 4.69) is 15.6 Å². The fourth-order valence-electron chi connectivity index (χ4n) is 5.19. The number of allylic oxidation sites excluding steroid dienone is 1. The zero-order valence-corrected chi connectivity index (χ0v) is 25.3. The van der Waals surface area contributed by atoms with Crippen LogP contribution < -0.4 is 10.6 Å². The second-order valence-corrected chi connectivity index (χ2v) is 10.2. The summed E-state index contributed by atoms with van der Waals surface area (Å²) in [5.41, 5.74) is 1.51. The van der Waals surface area contributed by atoms with Crippen LogP contribution in [0.5, 0.6) is 0 Å². The Morgan fingerprint density at radius 3 is 2.58 bits per heavy atom. The molecule has 4 rings (SSSR count). The highest BCUT2D eigenvalue weighted by Gasteiger charge is 2.39. The van der Waals surface area contributed by atoms with Gasteiger partial charge < -0.3 is 34.7 Å². The molecule has 3 N–H and O–H groups in total. The number of para-hydroxylation sites is 1.